The third-order valence-electron chi connectivity index (χ3n) is 11.5. The van der Waals surface area contributed by atoms with Gasteiger partial charge in [-0.05, 0) is 101 Å². The Morgan fingerprint density at radius 1 is 0.415 bits per heavy atom. The maximum Gasteiger partial charge on any atom is 0.0790 e. The van der Waals surface area contributed by atoms with E-state index in [-0.39, 0.29) is 0 Å². The third kappa shape index (κ3) is 4.35. The summed E-state index contributed by atoms with van der Waals surface area (Å²) >= 11 is 0. The summed E-state index contributed by atoms with van der Waals surface area (Å²) in [7, 11) is 0. The number of hydrogen-bond acceptors (Lipinski definition) is 1. The first-order valence-electron chi connectivity index (χ1n) is 18.4. The first kappa shape index (κ1) is 29.9. The van der Waals surface area contributed by atoms with Crippen molar-refractivity contribution in [3.05, 3.63) is 227 Å². The molecule has 0 radical (unpaired) electrons. The van der Waals surface area contributed by atoms with Gasteiger partial charge in [-0.2, -0.15) is 0 Å². The van der Waals surface area contributed by atoms with Gasteiger partial charge in [0, 0.05) is 17.3 Å². The second-order valence-electron chi connectivity index (χ2n) is 14.2. The fourth-order valence-corrected chi connectivity index (χ4v) is 9.26. The van der Waals surface area contributed by atoms with Crippen LogP contribution in [0, 0.1) is 5.41 Å². The van der Waals surface area contributed by atoms with Crippen LogP contribution in [-0.4, -0.2) is 4.98 Å². The number of hydrogen-bond donors (Lipinski definition) is 0. The molecule has 53 heavy (non-hydrogen) atoms. The smallest absolute Gasteiger partial charge is 0.0790 e. The molecule has 1 spiro atoms. The van der Waals surface area contributed by atoms with Gasteiger partial charge in [0.2, 0.25) is 0 Å². The van der Waals surface area contributed by atoms with Crippen LogP contribution in [0.3, 0.4) is 0 Å². The van der Waals surface area contributed by atoms with E-state index >= 15 is 0 Å². The van der Waals surface area contributed by atoms with Crippen LogP contribution in [0.4, 0.5) is 0 Å². The van der Waals surface area contributed by atoms with Crippen molar-refractivity contribution in [3.8, 4) is 33.5 Å². The van der Waals surface area contributed by atoms with Crippen LogP contribution < -0.4 is 0 Å². The second kappa shape index (κ2) is 11.6. The lowest BCUT2D eigenvalue weighted by molar-refractivity contribution is 0.779. The number of benzene rings is 6. The molecule has 1 aromatic heterocycles. The maximum atomic E-state index is 5.35. The lowest BCUT2D eigenvalue weighted by Crippen LogP contribution is -2.29. The summed E-state index contributed by atoms with van der Waals surface area (Å²) in [6, 6.07) is 54.8. The van der Waals surface area contributed by atoms with Gasteiger partial charge >= 0.3 is 0 Å². The molecule has 246 valence electrons. The van der Waals surface area contributed by atoms with Gasteiger partial charge in [-0.15, -0.1) is 0 Å². The van der Waals surface area contributed by atoms with E-state index in [1.54, 1.807) is 0 Å². The van der Waals surface area contributed by atoms with E-state index in [4.69, 9.17) is 4.98 Å². The number of nitrogens with zero attached hydrogens (tertiary/aromatic N) is 1. The molecule has 1 heteroatoms. The molecule has 1 heterocycles. The lowest BCUT2D eigenvalue weighted by atomic mass is 9.59. The molecule has 6 aromatic carbocycles. The Labute approximate surface area is 309 Å². The van der Waals surface area contributed by atoms with Gasteiger partial charge in [-0.3, -0.25) is 4.98 Å². The molecule has 4 aliphatic carbocycles. The van der Waals surface area contributed by atoms with Crippen LogP contribution in [0.15, 0.2) is 199 Å². The number of fused-ring (bicyclic) bond motifs is 9. The van der Waals surface area contributed by atoms with Crippen molar-refractivity contribution in [2.24, 2.45) is 5.41 Å². The standard InChI is InChI=1S/C52H33N/c1-2-14-34(15-3-1)38-20-10-11-24-42(38)45-29-31-53-51(46-25-12-19-35-16-4-7-21-39(35)46)50(45)47-28-27-44-41-23-9-6-18-37(41)33-49(44)52(47)30-13-26-43-40-22-8-5-17-36(40)32-48(43)52/h1-33H. The zero-order valence-corrected chi connectivity index (χ0v) is 29.0. The molecule has 1 atom stereocenters. The Kier molecular flexibility index (Phi) is 6.53. The van der Waals surface area contributed by atoms with Crippen molar-refractivity contribution in [1.29, 1.82) is 0 Å². The van der Waals surface area contributed by atoms with E-state index in [1.807, 2.05) is 6.20 Å². The fraction of sp³-hybridized carbons (Fsp3) is 0.0192. The highest BCUT2D eigenvalue weighted by Crippen LogP contribution is 2.65. The maximum absolute atomic E-state index is 5.35. The summed E-state index contributed by atoms with van der Waals surface area (Å²) in [6.07, 6.45) is 18.7. The predicted molar refractivity (Wildman–Crippen MR) is 222 cm³/mol. The Bertz CT molecular complexity index is 2850. The molecule has 0 saturated heterocycles. The summed E-state index contributed by atoms with van der Waals surface area (Å²) in [4.78, 5) is 5.35. The van der Waals surface area contributed by atoms with Gasteiger partial charge in [0.15, 0.2) is 0 Å². The van der Waals surface area contributed by atoms with Crippen molar-refractivity contribution in [2.75, 3.05) is 0 Å². The highest BCUT2D eigenvalue weighted by Gasteiger charge is 2.49. The first-order valence-corrected chi connectivity index (χ1v) is 18.4. The normalized spacial score (nSPS) is 17.6. The van der Waals surface area contributed by atoms with Crippen LogP contribution in [-0.2, 0) is 0 Å². The molecule has 4 aliphatic rings. The molecular formula is C52H33N. The van der Waals surface area contributed by atoms with Crippen LogP contribution in [0.25, 0.3) is 73.2 Å². The van der Waals surface area contributed by atoms with E-state index in [0.29, 0.717) is 0 Å². The highest BCUT2D eigenvalue weighted by atomic mass is 14.7. The van der Waals surface area contributed by atoms with Gasteiger partial charge in [-0.1, -0.05) is 176 Å². The van der Waals surface area contributed by atoms with Crippen molar-refractivity contribution in [3.63, 3.8) is 0 Å². The monoisotopic (exact) mass is 671 g/mol. The van der Waals surface area contributed by atoms with Crippen LogP contribution in [0.2, 0.25) is 0 Å². The van der Waals surface area contributed by atoms with Crippen LogP contribution >= 0.6 is 0 Å². The summed E-state index contributed by atoms with van der Waals surface area (Å²) in [5.41, 5.74) is 19.0. The van der Waals surface area contributed by atoms with Crippen molar-refractivity contribution in [1.82, 2.24) is 4.98 Å². The number of rotatable bonds is 4. The quantitative estimate of drug-likeness (QED) is 0.181. The summed E-state index contributed by atoms with van der Waals surface area (Å²) in [6.45, 7) is 0. The Balaban J connectivity index is 1.27. The fourth-order valence-electron chi connectivity index (χ4n) is 9.26. The molecule has 0 fully saturated rings. The molecule has 11 rings (SSSR count). The second-order valence-corrected chi connectivity index (χ2v) is 14.2. The van der Waals surface area contributed by atoms with Crippen molar-refractivity contribution >= 4 is 39.6 Å². The molecule has 0 saturated carbocycles. The Hall–Kier alpha value is -6.83. The zero-order chi connectivity index (χ0) is 34.9. The topological polar surface area (TPSA) is 12.9 Å². The first-order chi connectivity index (χ1) is 26.3. The van der Waals surface area contributed by atoms with Gasteiger partial charge in [0.25, 0.3) is 0 Å². The summed E-state index contributed by atoms with van der Waals surface area (Å²) in [5.74, 6) is 0. The Morgan fingerprint density at radius 3 is 1.79 bits per heavy atom. The average Bonchev–Trinajstić information content (AvgIpc) is 3.81. The van der Waals surface area contributed by atoms with E-state index in [2.05, 4.69) is 194 Å². The number of aromatic nitrogens is 1. The zero-order valence-electron chi connectivity index (χ0n) is 29.0. The van der Waals surface area contributed by atoms with E-state index in [9.17, 15) is 0 Å². The molecule has 7 aromatic rings. The largest absolute Gasteiger partial charge is 0.256 e. The van der Waals surface area contributed by atoms with E-state index < -0.39 is 5.41 Å². The van der Waals surface area contributed by atoms with Gasteiger partial charge in [0.1, 0.15) is 0 Å². The van der Waals surface area contributed by atoms with Crippen LogP contribution in [0.5, 0.6) is 0 Å². The summed E-state index contributed by atoms with van der Waals surface area (Å²) < 4.78 is 0. The molecule has 1 unspecified atom stereocenters. The molecule has 0 N–H and O–H groups in total. The van der Waals surface area contributed by atoms with Gasteiger partial charge in [0.05, 0.1) is 11.1 Å². The van der Waals surface area contributed by atoms with Gasteiger partial charge < -0.3 is 0 Å². The van der Waals surface area contributed by atoms with Crippen molar-refractivity contribution < 1.29 is 0 Å². The minimum atomic E-state index is -0.578. The van der Waals surface area contributed by atoms with E-state index in [0.717, 1.165) is 16.8 Å². The SMILES string of the molecule is C1=CC2(C3=Cc4ccccc4C3=C1)C1=Cc3ccccc3C1=CC=C2c1c(-c2ccccc2-c2ccccc2)ccnc1-c1cccc2ccccc12. The summed E-state index contributed by atoms with van der Waals surface area (Å²) in [5, 5.41) is 2.40. The van der Waals surface area contributed by atoms with Crippen molar-refractivity contribution in [2.45, 2.75) is 0 Å². The lowest BCUT2D eigenvalue weighted by Gasteiger charge is -2.43. The van der Waals surface area contributed by atoms with E-state index in [1.165, 1.54) is 83.1 Å². The number of allylic oxidation sites excluding steroid dienone is 10. The molecule has 0 bridgehead atoms. The average molecular weight is 672 g/mol. The minimum Gasteiger partial charge on any atom is -0.256 e. The molecule has 0 aliphatic heterocycles. The highest BCUT2D eigenvalue weighted by molar-refractivity contribution is 6.13. The van der Waals surface area contributed by atoms with Crippen LogP contribution in [0.1, 0.15) is 27.8 Å². The Morgan fingerprint density at radius 2 is 1.02 bits per heavy atom. The third-order valence-corrected chi connectivity index (χ3v) is 11.5. The van der Waals surface area contributed by atoms with Gasteiger partial charge in [-0.25, -0.2) is 0 Å². The predicted octanol–water partition coefficient (Wildman–Crippen LogP) is 13.2. The number of pyridine rings is 1. The minimum absolute atomic E-state index is 0.578. The molecular weight excluding hydrogens is 639 g/mol. The molecule has 1 nitrogen and oxygen atoms in total. The molecule has 0 amide bonds.